The lowest BCUT2D eigenvalue weighted by atomic mass is 10.1. The van der Waals surface area contributed by atoms with Crippen molar-refractivity contribution in [2.24, 2.45) is 0 Å². The van der Waals surface area contributed by atoms with Crippen molar-refractivity contribution in [3.8, 4) is 5.75 Å². The van der Waals surface area contributed by atoms with E-state index in [1.807, 2.05) is 56.3 Å². The maximum atomic E-state index is 12.3. The molecule has 0 bridgehead atoms. The molecule has 3 rings (SSSR count). The first-order chi connectivity index (χ1) is 12.6. The smallest absolute Gasteiger partial charge is 0.271 e. The van der Waals surface area contributed by atoms with Gasteiger partial charge in [0, 0.05) is 12.4 Å². The van der Waals surface area contributed by atoms with Crippen molar-refractivity contribution < 1.29 is 9.53 Å². The Balaban J connectivity index is 1.63. The quantitative estimate of drug-likeness (QED) is 0.740. The van der Waals surface area contributed by atoms with Crippen molar-refractivity contribution >= 4 is 5.91 Å². The van der Waals surface area contributed by atoms with Gasteiger partial charge in [0.2, 0.25) is 0 Å². The number of rotatable bonds is 6. The number of aromatic nitrogens is 3. The Morgan fingerprint density at radius 1 is 1.12 bits per heavy atom. The van der Waals surface area contributed by atoms with Crippen molar-refractivity contribution in [3.63, 3.8) is 0 Å². The van der Waals surface area contributed by atoms with Gasteiger partial charge in [0.25, 0.3) is 5.91 Å². The number of hydrogen-bond acceptors (Lipinski definition) is 5. The predicted octanol–water partition coefficient (Wildman–Crippen LogP) is 3.25. The second-order valence-electron chi connectivity index (χ2n) is 5.92. The van der Waals surface area contributed by atoms with Crippen LogP contribution >= 0.6 is 0 Å². The van der Waals surface area contributed by atoms with Crippen LogP contribution in [0.15, 0.2) is 61.1 Å². The van der Waals surface area contributed by atoms with Crippen molar-refractivity contribution in [1.82, 2.24) is 20.3 Å². The largest absolute Gasteiger partial charge is 0.487 e. The third-order valence-corrected chi connectivity index (χ3v) is 3.83. The summed E-state index contributed by atoms with van der Waals surface area (Å²) in [5.74, 6) is 0.467. The maximum Gasteiger partial charge on any atom is 0.271 e. The van der Waals surface area contributed by atoms with Crippen LogP contribution in [-0.4, -0.2) is 20.9 Å². The summed E-state index contributed by atoms with van der Waals surface area (Å²) in [7, 11) is 0. The molecule has 0 unspecified atom stereocenters. The highest BCUT2D eigenvalue weighted by Gasteiger charge is 2.13. The van der Waals surface area contributed by atoms with Gasteiger partial charge in [-0.1, -0.05) is 18.2 Å². The lowest BCUT2D eigenvalue weighted by molar-refractivity contribution is 0.0934. The maximum absolute atomic E-state index is 12.3. The first-order valence-corrected chi connectivity index (χ1v) is 8.34. The van der Waals surface area contributed by atoms with E-state index < -0.39 is 0 Å². The predicted molar refractivity (Wildman–Crippen MR) is 97.7 cm³/mol. The number of nitrogens with zero attached hydrogens (tertiary/aromatic N) is 3. The minimum atomic E-state index is -0.259. The Morgan fingerprint density at radius 3 is 2.73 bits per heavy atom. The monoisotopic (exact) mass is 348 g/mol. The van der Waals surface area contributed by atoms with Gasteiger partial charge in [-0.25, -0.2) is 4.98 Å². The van der Waals surface area contributed by atoms with Crippen LogP contribution in [0, 0.1) is 6.92 Å². The summed E-state index contributed by atoms with van der Waals surface area (Å²) in [4.78, 5) is 24.7. The zero-order valence-corrected chi connectivity index (χ0v) is 14.7. The van der Waals surface area contributed by atoms with E-state index in [1.165, 1.54) is 6.20 Å². The van der Waals surface area contributed by atoms with Crippen LogP contribution in [0.3, 0.4) is 0 Å². The molecule has 2 heterocycles. The normalized spacial score (nSPS) is 11.6. The van der Waals surface area contributed by atoms with Crippen LogP contribution in [0.4, 0.5) is 0 Å². The van der Waals surface area contributed by atoms with Crippen molar-refractivity contribution in [1.29, 1.82) is 0 Å². The summed E-state index contributed by atoms with van der Waals surface area (Å²) >= 11 is 0. The highest BCUT2D eigenvalue weighted by atomic mass is 16.5. The molecule has 0 aliphatic rings. The molecule has 1 aromatic carbocycles. The van der Waals surface area contributed by atoms with Gasteiger partial charge >= 0.3 is 0 Å². The second-order valence-corrected chi connectivity index (χ2v) is 5.92. The Bertz CT molecular complexity index is 866. The first-order valence-electron chi connectivity index (χ1n) is 8.34. The molecule has 0 fully saturated rings. The molecule has 0 aliphatic carbocycles. The van der Waals surface area contributed by atoms with Gasteiger partial charge in [-0.15, -0.1) is 0 Å². The van der Waals surface area contributed by atoms with E-state index in [1.54, 1.807) is 12.4 Å². The van der Waals surface area contributed by atoms with Gasteiger partial charge in [0.15, 0.2) is 0 Å². The Labute approximate surface area is 152 Å². The Kier molecular flexibility index (Phi) is 5.53. The first kappa shape index (κ1) is 17.5. The molecule has 2 aromatic heterocycles. The van der Waals surface area contributed by atoms with Crippen LogP contribution in [-0.2, 0) is 6.61 Å². The number of nitrogens with one attached hydrogen (secondary N) is 1. The van der Waals surface area contributed by atoms with Gasteiger partial charge in [-0.2, -0.15) is 0 Å². The number of aryl methyl sites for hydroxylation is 1. The molecule has 1 atom stereocenters. The fourth-order valence-electron chi connectivity index (χ4n) is 2.38. The number of ether oxygens (including phenoxy) is 1. The lowest BCUT2D eigenvalue weighted by Gasteiger charge is -2.15. The number of pyridine rings is 1. The third-order valence-electron chi connectivity index (χ3n) is 3.83. The van der Waals surface area contributed by atoms with Crippen molar-refractivity contribution in [3.05, 3.63) is 83.7 Å². The van der Waals surface area contributed by atoms with Crippen LogP contribution in [0.25, 0.3) is 0 Å². The molecular formula is C20H20N4O2. The van der Waals surface area contributed by atoms with Gasteiger partial charge in [-0.3, -0.25) is 14.8 Å². The SMILES string of the molecule is Cc1cnc(C(=O)N[C@@H](C)c2cccc(OCc3ccccn3)c2)cn1. The lowest BCUT2D eigenvalue weighted by Crippen LogP contribution is -2.27. The molecule has 26 heavy (non-hydrogen) atoms. The van der Waals surface area contributed by atoms with Crippen LogP contribution in [0.1, 0.15) is 40.4 Å². The van der Waals surface area contributed by atoms with E-state index in [0.717, 1.165) is 22.7 Å². The number of hydrogen-bond donors (Lipinski definition) is 1. The number of benzene rings is 1. The molecular weight excluding hydrogens is 328 g/mol. The van der Waals surface area contributed by atoms with Crippen LogP contribution in [0.5, 0.6) is 5.75 Å². The van der Waals surface area contributed by atoms with Gasteiger partial charge in [0.1, 0.15) is 18.1 Å². The fourth-order valence-corrected chi connectivity index (χ4v) is 2.38. The average Bonchev–Trinajstić information content (AvgIpc) is 2.68. The molecule has 0 saturated carbocycles. The molecule has 0 aliphatic heterocycles. The summed E-state index contributed by atoms with van der Waals surface area (Å²) in [6, 6.07) is 13.2. The molecule has 0 radical (unpaired) electrons. The molecule has 1 N–H and O–H groups in total. The van der Waals surface area contributed by atoms with Crippen LogP contribution in [0.2, 0.25) is 0 Å². The van der Waals surface area contributed by atoms with Gasteiger partial charge in [0.05, 0.1) is 23.6 Å². The molecule has 6 heteroatoms. The fraction of sp³-hybridized carbons (Fsp3) is 0.200. The highest BCUT2D eigenvalue weighted by Crippen LogP contribution is 2.20. The molecule has 1 amide bonds. The summed E-state index contributed by atoms with van der Waals surface area (Å²) in [6.07, 6.45) is 4.79. The molecule has 3 aromatic rings. The van der Waals surface area contributed by atoms with E-state index in [9.17, 15) is 4.79 Å². The van der Waals surface area contributed by atoms with Crippen molar-refractivity contribution in [2.75, 3.05) is 0 Å². The number of carbonyl (C=O) groups excluding carboxylic acids is 1. The molecule has 6 nitrogen and oxygen atoms in total. The second kappa shape index (κ2) is 8.20. The zero-order valence-electron chi connectivity index (χ0n) is 14.7. The third kappa shape index (κ3) is 4.63. The van der Waals surface area contributed by atoms with E-state index >= 15 is 0 Å². The molecule has 132 valence electrons. The van der Waals surface area contributed by atoms with Crippen LogP contribution < -0.4 is 10.1 Å². The van der Waals surface area contributed by atoms with Gasteiger partial charge in [-0.05, 0) is 43.7 Å². The molecule has 0 saturated heterocycles. The highest BCUT2D eigenvalue weighted by molar-refractivity contribution is 5.92. The number of amides is 1. The minimum absolute atomic E-state index is 0.191. The van der Waals surface area contributed by atoms with Gasteiger partial charge < -0.3 is 10.1 Å². The van der Waals surface area contributed by atoms with Crippen molar-refractivity contribution in [2.45, 2.75) is 26.5 Å². The summed E-state index contributed by atoms with van der Waals surface area (Å²) in [6.45, 7) is 4.13. The van der Waals surface area contributed by atoms with E-state index in [2.05, 4.69) is 20.3 Å². The van der Waals surface area contributed by atoms with E-state index in [4.69, 9.17) is 4.74 Å². The van der Waals surface area contributed by atoms with E-state index in [0.29, 0.717) is 12.3 Å². The molecule has 0 spiro atoms. The zero-order chi connectivity index (χ0) is 18.4. The van der Waals surface area contributed by atoms with E-state index in [-0.39, 0.29) is 11.9 Å². The standard InChI is InChI=1S/C20H20N4O2/c1-14-11-23-19(12-22-14)20(25)24-15(2)16-6-5-8-18(10-16)26-13-17-7-3-4-9-21-17/h3-12,15H,13H2,1-2H3,(H,24,25)/t15-/m0/s1. The summed E-state index contributed by atoms with van der Waals surface area (Å²) in [5.41, 5.74) is 2.87. The Morgan fingerprint density at radius 2 is 2.00 bits per heavy atom. The topological polar surface area (TPSA) is 77.0 Å². The summed E-state index contributed by atoms with van der Waals surface area (Å²) in [5, 5.41) is 2.92. The average molecular weight is 348 g/mol. The number of carbonyl (C=O) groups is 1. The minimum Gasteiger partial charge on any atom is -0.487 e. The Hall–Kier alpha value is -3.28. The summed E-state index contributed by atoms with van der Waals surface area (Å²) < 4.78 is 5.79.